The fraction of sp³-hybridized carbons (Fsp3) is 0.667. The predicted octanol–water partition coefficient (Wildman–Crippen LogP) is 3.29. The number of carbonyl (C=O) groups is 1. The highest BCUT2D eigenvalue weighted by atomic mass is 16.5. The average Bonchev–Trinajstić information content (AvgIpc) is 2.57. The van der Waals surface area contributed by atoms with Gasteiger partial charge in [-0.2, -0.15) is 0 Å². The first kappa shape index (κ1) is 20.7. The molecule has 0 heterocycles. The Balaban J connectivity index is 2.39. The van der Waals surface area contributed by atoms with Crippen LogP contribution in [0.25, 0.3) is 0 Å². The van der Waals surface area contributed by atoms with Gasteiger partial charge in [-0.3, -0.25) is 0 Å². The lowest BCUT2D eigenvalue weighted by Crippen LogP contribution is -2.56. The van der Waals surface area contributed by atoms with E-state index in [9.17, 15) is 20.1 Å². The lowest BCUT2D eigenvalue weighted by atomic mass is 9.48. The van der Waals surface area contributed by atoms with E-state index in [1.165, 1.54) is 18.2 Å². The maximum Gasteiger partial charge on any atom is 0.331 e. The first-order chi connectivity index (χ1) is 12.2. The number of fused-ring (bicyclic) bond motifs is 1. The summed E-state index contributed by atoms with van der Waals surface area (Å²) in [5.74, 6) is -0.609. The largest absolute Gasteiger partial charge is 0.508 e. The van der Waals surface area contributed by atoms with E-state index in [4.69, 9.17) is 4.74 Å². The van der Waals surface area contributed by atoms with Gasteiger partial charge in [0.15, 0.2) is 0 Å². The molecule has 2 aliphatic rings. The summed E-state index contributed by atoms with van der Waals surface area (Å²) in [6.07, 6.45) is 8.36. The standard InChI is InChI=1S/C21H32O5/c1-5-15(24)7-8-18(25)26-17-11-14(12-22)16(13-23)21(4)10-6-9-20(2,3)19(17)21/h5,7-8,11,16-17,19,22-24H,6,9-10,12-13H2,1-4H3/b8-7+,15-5-/t16-,17+,19?,21+/m0/s1. The molecule has 0 amide bonds. The number of ether oxygens (including phenoxy) is 1. The molecule has 0 saturated heterocycles. The molecule has 0 aromatic heterocycles. The first-order valence-electron chi connectivity index (χ1n) is 9.36. The van der Waals surface area contributed by atoms with Crippen LogP contribution in [0.3, 0.4) is 0 Å². The van der Waals surface area contributed by atoms with Crippen molar-refractivity contribution < 1.29 is 24.9 Å². The van der Waals surface area contributed by atoms with Gasteiger partial charge in [-0.1, -0.05) is 27.2 Å². The van der Waals surface area contributed by atoms with Crippen molar-refractivity contribution >= 4 is 5.97 Å². The van der Waals surface area contributed by atoms with Gasteiger partial charge in [-0.15, -0.1) is 0 Å². The van der Waals surface area contributed by atoms with E-state index in [1.807, 2.05) is 6.08 Å². The van der Waals surface area contributed by atoms with Gasteiger partial charge in [-0.25, -0.2) is 4.79 Å². The zero-order valence-electron chi connectivity index (χ0n) is 16.2. The van der Waals surface area contributed by atoms with Crippen LogP contribution in [-0.2, 0) is 9.53 Å². The third-order valence-electron chi connectivity index (χ3n) is 6.34. The van der Waals surface area contributed by atoms with Gasteiger partial charge in [0.2, 0.25) is 0 Å². The molecule has 1 fully saturated rings. The summed E-state index contributed by atoms with van der Waals surface area (Å²) in [7, 11) is 0. The van der Waals surface area contributed by atoms with Crippen LogP contribution >= 0.6 is 0 Å². The number of allylic oxidation sites excluding steroid dienone is 2. The molecular weight excluding hydrogens is 332 g/mol. The molecule has 3 N–H and O–H groups in total. The van der Waals surface area contributed by atoms with Crippen molar-refractivity contribution in [1.29, 1.82) is 0 Å². The van der Waals surface area contributed by atoms with Crippen LogP contribution in [-0.4, -0.2) is 40.6 Å². The molecule has 0 radical (unpaired) electrons. The summed E-state index contributed by atoms with van der Waals surface area (Å²) in [4.78, 5) is 12.3. The van der Waals surface area contributed by atoms with Gasteiger partial charge < -0.3 is 20.1 Å². The summed E-state index contributed by atoms with van der Waals surface area (Å²) >= 11 is 0. The number of aliphatic hydroxyl groups excluding tert-OH is 3. The fourth-order valence-electron chi connectivity index (χ4n) is 5.20. The molecule has 2 aliphatic carbocycles. The molecule has 0 aromatic carbocycles. The minimum atomic E-state index is -0.525. The van der Waals surface area contributed by atoms with Crippen LogP contribution in [0.5, 0.6) is 0 Å². The quantitative estimate of drug-likeness (QED) is 0.229. The Hall–Kier alpha value is -1.59. The number of hydrogen-bond donors (Lipinski definition) is 3. The highest BCUT2D eigenvalue weighted by Crippen LogP contribution is 2.60. The van der Waals surface area contributed by atoms with Crippen molar-refractivity contribution in [1.82, 2.24) is 0 Å². The van der Waals surface area contributed by atoms with Gasteiger partial charge in [0.05, 0.1) is 13.2 Å². The number of aliphatic hydroxyl groups is 3. The molecule has 146 valence electrons. The van der Waals surface area contributed by atoms with Crippen LogP contribution in [0.4, 0.5) is 0 Å². The SMILES string of the molecule is C/C=C(O)/C=C/C(=O)O[C@@H]1C=C(CO)[C@H](CO)[C@@]2(C)CCCC(C)(C)C12. The minimum absolute atomic E-state index is 0.000336. The summed E-state index contributed by atoms with van der Waals surface area (Å²) < 4.78 is 5.75. The van der Waals surface area contributed by atoms with E-state index >= 15 is 0 Å². The summed E-state index contributed by atoms with van der Waals surface area (Å²) in [6, 6.07) is 0. The van der Waals surface area contributed by atoms with E-state index in [0.717, 1.165) is 24.8 Å². The number of hydrogen-bond acceptors (Lipinski definition) is 5. The van der Waals surface area contributed by atoms with E-state index in [2.05, 4.69) is 20.8 Å². The van der Waals surface area contributed by atoms with E-state index in [0.29, 0.717) is 0 Å². The van der Waals surface area contributed by atoms with Crippen molar-refractivity contribution in [3.05, 3.63) is 35.6 Å². The van der Waals surface area contributed by atoms with Gasteiger partial charge >= 0.3 is 5.97 Å². The Morgan fingerprint density at radius 3 is 2.54 bits per heavy atom. The molecule has 0 spiro atoms. The molecule has 2 rings (SSSR count). The maximum atomic E-state index is 12.3. The fourth-order valence-corrected chi connectivity index (χ4v) is 5.20. The number of rotatable bonds is 5. The molecule has 1 unspecified atom stereocenters. The zero-order chi connectivity index (χ0) is 19.5. The Labute approximate surface area is 156 Å². The predicted molar refractivity (Wildman–Crippen MR) is 100 cm³/mol. The van der Waals surface area contributed by atoms with Gasteiger partial charge in [0.1, 0.15) is 11.9 Å². The summed E-state index contributed by atoms with van der Waals surface area (Å²) in [5.41, 5.74) is 0.434. The molecule has 0 bridgehead atoms. The third kappa shape index (κ3) is 3.89. The summed E-state index contributed by atoms with van der Waals surface area (Å²) in [5, 5.41) is 29.3. The normalized spacial score (nSPS) is 34.3. The van der Waals surface area contributed by atoms with Crippen LogP contribution in [0.15, 0.2) is 35.6 Å². The topological polar surface area (TPSA) is 87.0 Å². The van der Waals surface area contributed by atoms with Crippen molar-refractivity contribution in [3.8, 4) is 0 Å². The van der Waals surface area contributed by atoms with E-state index in [1.54, 1.807) is 6.92 Å². The molecule has 26 heavy (non-hydrogen) atoms. The Morgan fingerprint density at radius 2 is 1.96 bits per heavy atom. The second-order valence-corrected chi connectivity index (χ2v) is 8.41. The Kier molecular flexibility index (Phi) is 6.35. The zero-order valence-corrected chi connectivity index (χ0v) is 16.2. The highest BCUT2D eigenvalue weighted by molar-refractivity contribution is 5.82. The van der Waals surface area contributed by atoms with E-state index in [-0.39, 0.29) is 41.6 Å². The monoisotopic (exact) mass is 364 g/mol. The van der Waals surface area contributed by atoms with Crippen LogP contribution < -0.4 is 0 Å². The van der Waals surface area contributed by atoms with Gasteiger partial charge in [0.25, 0.3) is 0 Å². The number of esters is 1. The molecule has 4 atom stereocenters. The van der Waals surface area contributed by atoms with Crippen LogP contribution in [0, 0.1) is 22.7 Å². The molecule has 0 aliphatic heterocycles. The first-order valence-corrected chi connectivity index (χ1v) is 9.36. The lowest BCUT2D eigenvalue weighted by Gasteiger charge is -2.58. The number of carbonyl (C=O) groups excluding carboxylic acids is 1. The van der Waals surface area contributed by atoms with Crippen molar-refractivity contribution in [3.63, 3.8) is 0 Å². The Morgan fingerprint density at radius 1 is 1.27 bits per heavy atom. The van der Waals surface area contributed by atoms with Gasteiger partial charge in [-0.05, 0) is 54.4 Å². The van der Waals surface area contributed by atoms with Crippen molar-refractivity contribution in [2.75, 3.05) is 13.2 Å². The molecule has 5 nitrogen and oxygen atoms in total. The average molecular weight is 364 g/mol. The molecule has 0 aromatic rings. The van der Waals surface area contributed by atoms with Gasteiger partial charge in [0, 0.05) is 17.9 Å². The summed E-state index contributed by atoms with van der Waals surface area (Å²) in [6.45, 7) is 8.01. The second kappa shape index (κ2) is 7.97. The van der Waals surface area contributed by atoms with Crippen LogP contribution in [0.2, 0.25) is 0 Å². The third-order valence-corrected chi connectivity index (χ3v) is 6.34. The smallest absolute Gasteiger partial charge is 0.331 e. The minimum Gasteiger partial charge on any atom is -0.508 e. The van der Waals surface area contributed by atoms with Crippen molar-refractivity contribution in [2.45, 2.75) is 53.1 Å². The van der Waals surface area contributed by atoms with Crippen molar-refractivity contribution in [2.24, 2.45) is 22.7 Å². The molecule has 5 heteroatoms. The lowest BCUT2D eigenvalue weighted by molar-refractivity contribution is -0.159. The molecular formula is C21H32O5. The highest BCUT2D eigenvalue weighted by Gasteiger charge is 2.56. The molecule has 1 saturated carbocycles. The second-order valence-electron chi connectivity index (χ2n) is 8.41. The maximum absolute atomic E-state index is 12.3. The van der Waals surface area contributed by atoms with Crippen LogP contribution in [0.1, 0.15) is 47.0 Å². The Bertz CT molecular complexity index is 616. The van der Waals surface area contributed by atoms with E-state index < -0.39 is 12.1 Å².